The van der Waals surface area contributed by atoms with Crippen molar-refractivity contribution >= 4 is 42.6 Å². The Balaban J connectivity index is 1.77. The first kappa shape index (κ1) is 20.9. The number of hydrogen-bond donors (Lipinski definition) is 0. The average molecular weight is 445 g/mol. The normalized spacial score (nSPS) is 17.5. The number of pyridine rings is 1. The van der Waals surface area contributed by atoms with E-state index in [0.717, 1.165) is 33.2 Å². The highest BCUT2D eigenvalue weighted by Gasteiger charge is 2.39. The van der Waals surface area contributed by atoms with Crippen molar-refractivity contribution in [3.8, 4) is 0 Å². The minimum absolute atomic E-state index is 0.241. The van der Waals surface area contributed by atoms with E-state index < -0.39 is 16.1 Å². The smallest absolute Gasteiger partial charge is 0.247 e. The van der Waals surface area contributed by atoms with Crippen molar-refractivity contribution in [1.82, 2.24) is 14.3 Å². The van der Waals surface area contributed by atoms with Gasteiger partial charge in [0.05, 0.1) is 23.0 Å². The van der Waals surface area contributed by atoms with Crippen LogP contribution in [-0.4, -0.2) is 47.4 Å². The van der Waals surface area contributed by atoms with E-state index >= 15 is 0 Å². The second kappa shape index (κ2) is 8.05. The zero-order chi connectivity index (χ0) is 21.5. The van der Waals surface area contributed by atoms with Crippen LogP contribution in [0.1, 0.15) is 29.5 Å². The maximum Gasteiger partial charge on any atom is 0.247 e. The van der Waals surface area contributed by atoms with Gasteiger partial charge in [-0.1, -0.05) is 23.5 Å². The molecule has 1 aliphatic heterocycles. The van der Waals surface area contributed by atoms with Gasteiger partial charge in [-0.3, -0.25) is 14.7 Å². The van der Waals surface area contributed by atoms with Crippen molar-refractivity contribution in [1.29, 1.82) is 0 Å². The third-order valence-corrected chi connectivity index (χ3v) is 7.80. The first-order chi connectivity index (χ1) is 14.2. The molecule has 0 aliphatic carbocycles. The summed E-state index contributed by atoms with van der Waals surface area (Å²) < 4.78 is 26.8. The van der Waals surface area contributed by atoms with Gasteiger partial charge in [-0.2, -0.15) is 4.31 Å². The third-order valence-electron chi connectivity index (χ3n) is 5.28. The Kier molecular flexibility index (Phi) is 5.61. The number of fused-ring (bicyclic) bond motifs is 1. The quantitative estimate of drug-likeness (QED) is 0.603. The number of hydrogen-bond acceptors (Lipinski definition) is 6. The van der Waals surface area contributed by atoms with Crippen LogP contribution in [0.5, 0.6) is 0 Å². The number of carbonyl (C=O) groups is 1. The maximum absolute atomic E-state index is 13.6. The minimum atomic E-state index is -3.47. The Bertz CT molecular complexity index is 1190. The summed E-state index contributed by atoms with van der Waals surface area (Å²) >= 11 is 1.46. The molecule has 1 fully saturated rings. The van der Waals surface area contributed by atoms with Gasteiger partial charge < -0.3 is 0 Å². The summed E-state index contributed by atoms with van der Waals surface area (Å²) in [6.45, 7) is 4.71. The summed E-state index contributed by atoms with van der Waals surface area (Å²) in [5.74, 6) is -0.241. The number of nitrogens with zero attached hydrogens (tertiary/aromatic N) is 4. The molecule has 3 aromatic rings. The fourth-order valence-electron chi connectivity index (χ4n) is 3.96. The molecule has 1 saturated heterocycles. The van der Waals surface area contributed by atoms with Gasteiger partial charge in [0.15, 0.2) is 5.13 Å². The molecule has 30 heavy (non-hydrogen) atoms. The van der Waals surface area contributed by atoms with E-state index in [1.165, 1.54) is 15.6 Å². The highest BCUT2D eigenvalue weighted by Crippen LogP contribution is 2.34. The summed E-state index contributed by atoms with van der Waals surface area (Å²) in [5, 5.41) is 0.577. The molecule has 7 nitrogen and oxygen atoms in total. The van der Waals surface area contributed by atoms with E-state index in [2.05, 4.69) is 11.1 Å². The number of amides is 1. The first-order valence-corrected chi connectivity index (χ1v) is 12.5. The number of benzene rings is 1. The summed E-state index contributed by atoms with van der Waals surface area (Å²) in [6, 6.07) is 7.13. The fourth-order valence-corrected chi connectivity index (χ4v) is 6.10. The van der Waals surface area contributed by atoms with E-state index in [1.807, 2.05) is 32.0 Å². The largest absolute Gasteiger partial charge is 0.282 e. The van der Waals surface area contributed by atoms with Gasteiger partial charge in [0.1, 0.15) is 6.04 Å². The molecule has 0 saturated carbocycles. The third kappa shape index (κ3) is 4.10. The van der Waals surface area contributed by atoms with Gasteiger partial charge in [0, 0.05) is 18.9 Å². The van der Waals surface area contributed by atoms with Crippen molar-refractivity contribution < 1.29 is 13.2 Å². The lowest BCUT2D eigenvalue weighted by Crippen LogP contribution is -2.47. The Morgan fingerprint density at radius 3 is 2.83 bits per heavy atom. The van der Waals surface area contributed by atoms with Crippen LogP contribution in [0.2, 0.25) is 0 Å². The molecule has 0 spiro atoms. The predicted octanol–water partition coefficient (Wildman–Crippen LogP) is 3.27. The van der Waals surface area contributed by atoms with Crippen molar-refractivity contribution in [2.75, 3.05) is 17.7 Å². The molecule has 9 heteroatoms. The van der Waals surface area contributed by atoms with Crippen LogP contribution in [-0.2, 0) is 21.4 Å². The van der Waals surface area contributed by atoms with Gasteiger partial charge in [0.2, 0.25) is 15.9 Å². The van der Waals surface area contributed by atoms with Crippen molar-refractivity contribution in [3.05, 3.63) is 53.3 Å². The van der Waals surface area contributed by atoms with E-state index in [9.17, 15) is 13.2 Å². The molecule has 2 aromatic heterocycles. The van der Waals surface area contributed by atoms with Gasteiger partial charge in [0.25, 0.3) is 0 Å². The van der Waals surface area contributed by atoms with E-state index in [4.69, 9.17) is 4.98 Å². The van der Waals surface area contributed by atoms with Crippen LogP contribution in [0.4, 0.5) is 5.13 Å². The van der Waals surface area contributed by atoms with Crippen LogP contribution >= 0.6 is 11.3 Å². The zero-order valence-electron chi connectivity index (χ0n) is 17.2. The monoisotopic (exact) mass is 444 g/mol. The lowest BCUT2D eigenvalue weighted by atomic mass is 10.1. The molecular formula is C21H24N4O3S2. The van der Waals surface area contributed by atoms with Crippen LogP contribution < -0.4 is 4.90 Å². The zero-order valence-corrected chi connectivity index (χ0v) is 18.8. The number of sulfonamides is 1. The second-order valence-corrected chi connectivity index (χ2v) is 10.7. The lowest BCUT2D eigenvalue weighted by Gasteiger charge is -2.27. The van der Waals surface area contributed by atoms with Gasteiger partial charge in [-0.05, 0) is 55.5 Å². The molecule has 0 bridgehead atoms. The second-order valence-electron chi connectivity index (χ2n) is 7.74. The summed E-state index contributed by atoms with van der Waals surface area (Å²) in [6.07, 6.45) is 5.74. The van der Waals surface area contributed by atoms with Crippen molar-refractivity contribution in [3.63, 3.8) is 0 Å². The fraction of sp³-hybridized carbons (Fsp3) is 0.381. The molecule has 1 aromatic carbocycles. The Morgan fingerprint density at radius 2 is 2.13 bits per heavy atom. The van der Waals surface area contributed by atoms with Crippen molar-refractivity contribution in [2.45, 2.75) is 39.3 Å². The number of thiazole rings is 1. The van der Waals surface area contributed by atoms with Crippen LogP contribution in [0.15, 0.2) is 36.7 Å². The SMILES string of the molecule is Cc1cc(C)c2sc(N(Cc3cccnc3)C(=O)C3CCCN3S(C)(=O)=O)nc2c1. The molecule has 1 amide bonds. The standard InChI is InChI=1S/C21H24N4O3S2/c1-14-10-15(2)19-17(11-14)23-21(29-19)24(13-16-6-4-8-22-12-16)20(26)18-7-5-9-25(18)30(3,27)28/h4,6,8,10-12,18H,5,7,9,13H2,1-3H3. The van der Waals surface area contributed by atoms with Gasteiger partial charge >= 0.3 is 0 Å². The molecule has 4 rings (SSSR count). The number of rotatable bonds is 5. The maximum atomic E-state index is 13.6. The van der Waals surface area contributed by atoms with E-state index in [-0.39, 0.29) is 5.91 Å². The molecule has 1 aliphatic rings. The van der Waals surface area contributed by atoms with E-state index in [1.54, 1.807) is 17.3 Å². The Morgan fingerprint density at radius 1 is 1.33 bits per heavy atom. The number of aromatic nitrogens is 2. The summed E-state index contributed by atoms with van der Waals surface area (Å²) in [4.78, 5) is 24.1. The number of carbonyl (C=O) groups excluding carboxylic acids is 1. The van der Waals surface area contributed by atoms with Crippen LogP contribution in [0, 0.1) is 13.8 Å². The van der Waals surface area contributed by atoms with Crippen LogP contribution in [0.25, 0.3) is 10.2 Å². The Hall–Kier alpha value is -2.36. The van der Waals surface area contributed by atoms with Gasteiger partial charge in [-0.25, -0.2) is 13.4 Å². The topological polar surface area (TPSA) is 83.5 Å². The summed E-state index contributed by atoms with van der Waals surface area (Å²) in [5.41, 5.74) is 3.94. The highest BCUT2D eigenvalue weighted by molar-refractivity contribution is 7.88. The molecule has 1 atom stereocenters. The number of anilines is 1. The molecule has 1 unspecified atom stereocenters. The molecule has 3 heterocycles. The predicted molar refractivity (Wildman–Crippen MR) is 119 cm³/mol. The van der Waals surface area contributed by atoms with Crippen LogP contribution in [0.3, 0.4) is 0 Å². The Labute approximate surface area is 180 Å². The molecular weight excluding hydrogens is 420 g/mol. The minimum Gasteiger partial charge on any atom is -0.282 e. The van der Waals surface area contributed by atoms with E-state index in [0.29, 0.717) is 31.1 Å². The lowest BCUT2D eigenvalue weighted by molar-refractivity contribution is -0.121. The first-order valence-electron chi connectivity index (χ1n) is 9.79. The number of aryl methyl sites for hydroxylation is 2. The van der Waals surface area contributed by atoms with Gasteiger partial charge in [-0.15, -0.1) is 0 Å². The molecule has 0 radical (unpaired) electrons. The van der Waals surface area contributed by atoms with Crippen molar-refractivity contribution in [2.24, 2.45) is 0 Å². The average Bonchev–Trinajstić information content (AvgIpc) is 3.33. The molecule has 158 valence electrons. The highest BCUT2D eigenvalue weighted by atomic mass is 32.2. The molecule has 0 N–H and O–H groups in total. The summed E-state index contributed by atoms with van der Waals surface area (Å²) in [7, 11) is -3.47.